The lowest BCUT2D eigenvalue weighted by Gasteiger charge is -2.38. The molecule has 1 unspecified atom stereocenters. The Labute approximate surface area is 201 Å². The molecule has 0 aliphatic carbocycles. The molecule has 2 amide bonds. The number of aliphatic imine (C=N–C) groups is 1. The number of aromatic nitrogens is 1. The predicted octanol–water partition coefficient (Wildman–Crippen LogP) is 4.36. The first-order valence-electron chi connectivity index (χ1n) is 11.2. The molecule has 2 heterocycles. The molecule has 0 radical (unpaired) electrons. The number of nitrogens with two attached hydrogens (primary N) is 1. The van der Waals surface area contributed by atoms with Gasteiger partial charge in [0.15, 0.2) is 5.96 Å². The van der Waals surface area contributed by atoms with Gasteiger partial charge in [0, 0.05) is 24.4 Å². The van der Waals surface area contributed by atoms with Crippen molar-refractivity contribution in [2.24, 2.45) is 16.1 Å². The van der Waals surface area contributed by atoms with Crippen LogP contribution >= 0.6 is 0 Å². The van der Waals surface area contributed by atoms with Crippen molar-refractivity contribution in [3.05, 3.63) is 47.9 Å². The summed E-state index contributed by atoms with van der Waals surface area (Å²) in [7, 11) is 1.52. The Morgan fingerprint density at radius 3 is 2.32 bits per heavy atom. The van der Waals surface area contributed by atoms with Crippen LogP contribution in [-0.4, -0.2) is 45.9 Å². The number of aliphatic hydroxyl groups excluding tert-OH is 1. The van der Waals surface area contributed by atoms with Crippen molar-refractivity contribution in [1.82, 2.24) is 9.88 Å². The van der Waals surface area contributed by atoms with Crippen molar-refractivity contribution in [3.8, 4) is 0 Å². The second kappa shape index (κ2) is 14.1. The van der Waals surface area contributed by atoms with E-state index in [-0.39, 0.29) is 29.4 Å². The molecule has 3 rings (SSSR count). The minimum atomic E-state index is -1.01. The minimum Gasteiger partial charge on any atom is -0.441 e. The zero-order valence-electron chi connectivity index (χ0n) is 21.5. The molecule has 0 spiro atoms. The quantitative estimate of drug-likeness (QED) is 0.599. The van der Waals surface area contributed by atoms with Gasteiger partial charge in [0.05, 0.1) is 17.7 Å². The number of amides is 2. The summed E-state index contributed by atoms with van der Waals surface area (Å²) >= 11 is 0. The molecule has 10 heteroatoms. The highest BCUT2D eigenvalue weighted by Gasteiger charge is 2.45. The third kappa shape index (κ3) is 7.95. The SMILES string of the molecule is CC.CC.CC(C)O.CN1C(=O)C(C)(C)C(c2cc(NC(=O)c3ncco3)ccc2F)N=C1N. The van der Waals surface area contributed by atoms with E-state index >= 15 is 0 Å². The second-order valence-corrected chi connectivity index (χ2v) is 7.60. The number of aliphatic hydroxyl groups is 1. The number of nitrogens with one attached hydrogen (secondary N) is 1. The summed E-state index contributed by atoms with van der Waals surface area (Å²) in [6.45, 7) is 14.8. The fourth-order valence-electron chi connectivity index (χ4n) is 2.84. The lowest BCUT2D eigenvalue weighted by Crippen LogP contribution is -2.51. The van der Waals surface area contributed by atoms with Gasteiger partial charge in [-0.25, -0.2) is 14.4 Å². The number of carbonyl (C=O) groups is 2. The van der Waals surface area contributed by atoms with E-state index in [9.17, 15) is 14.0 Å². The van der Waals surface area contributed by atoms with Gasteiger partial charge in [0.1, 0.15) is 12.1 Å². The van der Waals surface area contributed by atoms with Crippen molar-refractivity contribution in [1.29, 1.82) is 0 Å². The van der Waals surface area contributed by atoms with Crippen LogP contribution in [0.4, 0.5) is 10.1 Å². The molecule has 2 aromatic rings. The molecule has 1 atom stereocenters. The van der Waals surface area contributed by atoms with Gasteiger partial charge in [-0.15, -0.1) is 0 Å². The van der Waals surface area contributed by atoms with Crippen molar-refractivity contribution in [3.63, 3.8) is 0 Å². The number of hydrogen-bond donors (Lipinski definition) is 3. The van der Waals surface area contributed by atoms with Crippen LogP contribution in [0.25, 0.3) is 0 Å². The number of oxazole rings is 1. The Kier molecular flexibility index (Phi) is 12.7. The normalized spacial score (nSPS) is 16.1. The molecule has 0 saturated heterocycles. The van der Waals surface area contributed by atoms with E-state index in [1.807, 2.05) is 27.7 Å². The number of benzene rings is 1. The largest absolute Gasteiger partial charge is 0.441 e. The molecule has 9 nitrogen and oxygen atoms in total. The van der Waals surface area contributed by atoms with E-state index in [2.05, 4.69) is 15.3 Å². The average molecular weight is 480 g/mol. The highest BCUT2D eigenvalue weighted by atomic mass is 19.1. The van der Waals surface area contributed by atoms with Crippen molar-refractivity contribution in [2.45, 2.75) is 67.5 Å². The van der Waals surface area contributed by atoms with E-state index in [1.54, 1.807) is 27.7 Å². The smallest absolute Gasteiger partial charge is 0.311 e. The van der Waals surface area contributed by atoms with Gasteiger partial charge in [0.25, 0.3) is 5.89 Å². The molecule has 1 aliphatic rings. The lowest BCUT2D eigenvalue weighted by molar-refractivity contribution is -0.137. The Morgan fingerprint density at radius 2 is 1.82 bits per heavy atom. The number of anilines is 1. The van der Waals surface area contributed by atoms with Crippen LogP contribution in [0.2, 0.25) is 0 Å². The van der Waals surface area contributed by atoms with Gasteiger partial charge in [-0.1, -0.05) is 27.7 Å². The molecule has 0 bridgehead atoms. The second-order valence-electron chi connectivity index (χ2n) is 7.60. The fraction of sp³-hybridized carbons (Fsp3) is 0.500. The Morgan fingerprint density at radius 1 is 1.26 bits per heavy atom. The highest BCUT2D eigenvalue weighted by molar-refractivity contribution is 6.02. The van der Waals surface area contributed by atoms with Crippen LogP contribution in [-0.2, 0) is 4.79 Å². The Balaban J connectivity index is 0.00000121. The summed E-state index contributed by atoms with van der Waals surface area (Å²) in [5, 5.41) is 10.6. The molecule has 34 heavy (non-hydrogen) atoms. The van der Waals surface area contributed by atoms with Gasteiger partial charge >= 0.3 is 5.91 Å². The number of halogens is 1. The maximum atomic E-state index is 14.5. The number of hydrogen-bond acceptors (Lipinski definition) is 7. The van der Waals surface area contributed by atoms with Crippen LogP contribution in [0.1, 0.15) is 77.7 Å². The van der Waals surface area contributed by atoms with E-state index in [0.717, 1.165) is 0 Å². The number of nitrogens with zero attached hydrogens (tertiary/aromatic N) is 3. The van der Waals surface area contributed by atoms with Crippen LogP contribution < -0.4 is 11.1 Å². The summed E-state index contributed by atoms with van der Waals surface area (Å²) in [5.41, 5.74) is 5.26. The molecule has 1 aromatic carbocycles. The third-order valence-electron chi connectivity index (χ3n) is 4.32. The molecule has 1 aliphatic heterocycles. The number of guanidine groups is 1. The average Bonchev–Trinajstić information content (AvgIpc) is 3.34. The van der Waals surface area contributed by atoms with Crippen LogP contribution in [0.5, 0.6) is 0 Å². The minimum absolute atomic E-state index is 0.00736. The van der Waals surface area contributed by atoms with E-state index in [4.69, 9.17) is 15.3 Å². The zero-order valence-corrected chi connectivity index (χ0v) is 21.5. The van der Waals surface area contributed by atoms with E-state index < -0.39 is 23.2 Å². The Hall–Kier alpha value is -3.27. The van der Waals surface area contributed by atoms with Crippen molar-refractivity contribution >= 4 is 23.5 Å². The summed E-state index contributed by atoms with van der Waals surface area (Å²) in [6.07, 6.45) is 2.45. The van der Waals surface area contributed by atoms with Crippen LogP contribution in [0.3, 0.4) is 0 Å². The topological polar surface area (TPSA) is 134 Å². The van der Waals surface area contributed by atoms with Crippen molar-refractivity contribution < 1.29 is 23.5 Å². The highest BCUT2D eigenvalue weighted by Crippen LogP contribution is 2.42. The first kappa shape index (κ1) is 30.7. The first-order chi connectivity index (χ1) is 15.9. The molecule has 190 valence electrons. The van der Waals surface area contributed by atoms with E-state index in [1.165, 1.54) is 42.6 Å². The molecule has 4 N–H and O–H groups in total. The van der Waals surface area contributed by atoms with E-state index in [0.29, 0.717) is 5.69 Å². The summed E-state index contributed by atoms with van der Waals surface area (Å²) in [5.74, 6) is -1.51. The third-order valence-corrected chi connectivity index (χ3v) is 4.32. The molecular weight excluding hydrogens is 441 g/mol. The van der Waals surface area contributed by atoms with Gasteiger partial charge in [-0.2, -0.15) is 0 Å². The zero-order chi connectivity index (χ0) is 26.6. The predicted molar refractivity (Wildman–Crippen MR) is 132 cm³/mol. The summed E-state index contributed by atoms with van der Waals surface area (Å²) in [4.78, 5) is 33.8. The lowest BCUT2D eigenvalue weighted by atomic mass is 9.78. The van der Waals surface area contributed by atoms with Gasteiger partial charge in [-0.3, -0.25) is 14.5 Å². The number of rotatable bonds is 3. The molecular formula is C24H38FN5O4. The maximum Gasteiger partial charge on any atom is 0.311 e. The number of carbonyl (C=O) groups excluding carboxylic acids is 2. The summed E-state index contributed by atoms with van der Waals surface area (Å²) < 4.78 is 19.4. The molecule has 1 aromatic heterocycles. The standard InChI is InChI=1S/C17H18FN5O3.C3H8O.2C2H6/c1-17(2)12(22-16(19)23(3)15(17)25)10-8-9(4-5-11(10)18)21-13(24)14-20-6-7-26-14;1-3(2)4;2*1-2/h4-8,12H,1-3H3,(H2,19,22)(H,21,24);3-4H,1-2H3;2*1-2H3. The van der Waals surface area contributed by atoms with Gasteiger partial charge in [0.2, 0.25) is 5.91 Å². The first-order valence-corrected chi connectivity index (χ1v) is 11.2. The molecule has 0 saturated carbocycles. The fourth-order valence-corrected chi connectivity index (χ4v) is 2.84. The van der Waals surface area contributed by atoms with Gasteiger partial charge < -0.3 is 20.6 Å². The summed E-state index contributed by atoms with van der Waals surface area (Å²) in [6, 6.07) is 3.20. The maximum absolute atomic E-state index is 14.5. The molecule has 0 fully saturated rings. The monoisotopic (exact) mass is 479 g/mol. The van der Waals surface area contributed by atoms with Gasteiger partial charge in [-0.05, 0) is 45.9 Å². The Bertz CT molecular complexity index is 940. The van der Waals surface area contributed by atoms with Crippen LogP contribution in [0.15, 0.2) is 40.1 Å². The van der Waals surface area contributed by atoms with Crippen molar-refractivity contribution in [2.75, 3.05) is 12.4 Å². The van der Waals surface area contributed by atoms with Crippen LogP contribution in [0, 0.1) is 11.2 Å².